The Bertz CT molecular complexity index is 570. The Morgan fingerprint density at radius 2 is 2.00 bits per heavy atom. The molecule has 0 spiro atoms. The molecule has 2 aromatic rings. The first-order chi connectivity index (χ1) is 9.11. The van der Waals surface area contributed by atoms with Crippen molar-refractivity contribution in [3.8, 4) is 11.5 Å². The monoisotopic (exact) mass is 261 g/mol. The second-order valence-electron chi connectivity index (χ2n) is 4.35. The molecule has 0 radical (unpaired) electrons. The third-order valence-electron chi connectivity index (χ3n) is 2.78. The number of hydrogen-bond acceptors (Lipinski definition) is 3. The van der Waals surface area contributed by atoms with E-state index >= 15 is 0 Å². The Hall–Kier alpha value is -1.91. The van der Waals surface area contributed by atoms with Crippen LogP contribution < -0.4 is 10.5 Å². The van der Waals surface area contributed by atoms with Crippen LogP contribution in [0.5, 0.6) is 11.5 Å². The Labute approximate surface area is 111 Å². The second kappa shape index (κ2) is 5.82. The summed E-state index contributed by atoms with van der Waals surface area (Å²) in [4.78, 5) is 0. The molecule has 4 heteroatoms. The molecule has 0 heterocycles. The molecule has 2 rings (SSSR count). The summed E-state index contributed by atoms with van der Waals surface area (Å²) in [6.45, 7) is 1.63. The van der Waals surface area contributed by atoms with E-state index in [4.69, 9.17) is 15.6 Å². The minimum Gasteiger partial charge on any atom is -0.457 e. The van der Waals surface area contributed by atoms with E-state index in [1.807, 2.05) is 0 Å². The Morgan fingerprint density at radius 3 is 2.68 bits per heavy atom. The lowest BCUT2D eigenvalue weighted by atomic mass is 10.1. The number of hydrogen-bond donors (Lipinski definition) is 2. The second-order valence-corrected chi connectivity index (χ2v) is 4.35. The van der Waals surface area contributed by atoms with E-state index in [-0.39, 0.29) is 12.4 Å². The topological polar surface area (TPSA) is 55.5 Å². The van der Waals surface area contributed by atoms with Crippen LogP contribution in [0.1, 0.15) is 24.1 Å². The highest BCUT2D eigenvalue weighted by atomic mass is 19.1. The van der Waals surface area contributed by atoms with Gasteiger partial charge < -0.3 is 15.6 Å². The molecule has 0 saturated heterocycles. The Morgan fingerprint density at radius 1 is 1.26 bits per heavy atom. The van der Waals surface area contributed by atoms with Gasteiger partial charge in [0.1, 0.15) is 17.3 Å². The van der Waals surface area contributed by atoms with Crippen LogP contribution in [-0.2, 0) is 6.61 Å². The van der Waals surface area contributed by atoms with E-state index in [1.54, 1.807) is 43.3 Å². The summed E-state index contributed by atoms with van der Waals surface area (Å²) in [6, 6.07) is 11.1. The maximum absolute atomic E-state index is 13.7. The zero-order chi connectivity index (χ0) is 13.8. The molecular formula is C15H16FNO2. The third kappa shape index (κ3) is 3.10. The van der Waals surface area contributed by atoms with E-state index in [0.717, 1.165) is 5.56 Å². The van der Waals surface area contributed by atoms with Crippen LogP contribution in [0.15, 0.2) is 42.5 Å². The summed E-state index contributed by atoms with van der Waals surface area (Å²) in [5.74, 6) is 0.551. The lowest BCUT2D eigenvalue weighted by Crippen LogP contribution is -2.09. The van der Waals surface area contributed by atoms with Crippen molar-refractivity contribution in [2.75, 3.05) is 0 Å². The van der Waals surface area contributed by atoms with Gasteiger partial charge >= 0.3 is 0 Å². The summed E-state index contributed by atoms with van der Waals surface area (Å²) >= 11 is 0. The number of aliphatic hydroxyl groups excluding tert-OH is 1. The molecule has 0 saturated carbocycles. The zero-order valence-electron chi connectivity index (χ0n) is 10.6. The molecular weight excluding hydrogens is 245 g/mol. The fraction of sp³-hybridized carbons (Fsp3) is 0.200. The van der Waals surface area contributed by atoms with Crippen molar-refractivity contribution in [1.82, 2.24) is 0 Å². The lowest BCUT2D eigenvalue weighted by Gasteiger charge is -2.14. The van der Waals surface area contributed by atoms with Gasteiger partial charge in [0, 0.05) is 11.6 Å². The normalized spacial score (nSPS) is 12.2. The number of aliphatic hydroxyl groups is 1. The van der Waals surface area contributed by atoms with Crippen molar-refractivity contribution in [1.29, 1.82) is 0 Å². The van der Waals surface area contributed by atoms with Gasteiger partial charge in [0.25, 0.3) is 0 Å². The van der Waals surface area contributed by atoms with Crippen molar-refractivity contribution >= 4 is 0 Å². The quantitative estimate of drug-likeness (QED) is 0.889. The molecule has 19 heavy (non-hydrogen) atoms. The summed E-state index contributed by atoms with van der Waals surface area (Å²) in [5, 5.41) is 9.08. The number of ether oxygens (including phenoxy) is 1. The van der Waals surface area contributed by atoms with Crippen molar-refractivity contribution in [2.45, 2.75) is 19.6 Å². The molecule has 0 fully saturated rings. The first kappa shape index (κ1) is 13.5. The van der Waals surface area contributed by atoms with Crippen LogP contribution in [-0.4, -0.2) is 5.11 Å². The van der Waals surface area contributed by atoms with Crippen LogP contribution in [0.4, 0.5) is 4.39 Å². The SMILES string of the molecule is C[C@@H](N)c1c(F)cccc1Oc1cccc(CO)c1. The molecule has 0 aromatic heterocycles. The minimum atomic E-state index is -0.461. The Kier molecular flexibility index (Phi) is 4.14. The first-order valence-electron chi connectivity index (χ1n) is 6.03. The summed E-state index contributed by atoms with van der Waals surface area (Å²) in [6.07, 6.45) is 0. The molecule has 2 aromatic carbocycles. The average molecular weight is 261 g/mol. The number of halogens is 1. The number of benzene rings is 2. The summed E-state index contributed by atoms with van der Waals surface area (Å²) < 4.78 is 19.4. The van der Waals surface area contributed by atoms with Gasteiger partial charge in [0.05, 0.1) is 6.61 Å². The maximum atomic E-state index is 13.7. The largest absolute Gasteiger partial charge is 0.457 e. The average Bonchev–Trinajstić information content (AvgIpc) is 2.38. The highest BCUT2D eigenvalue weighted by molar-refractivity contribution is 5.41. The highest BCUT2D eigenvalue weighted by Crippen LogP contribution is 2.31. The van der Waals surface area contributed by atoms with Crippen molar-refractivity contribution in [3.05, 3.63) is 59.4 Å². The van der Waals surface area contributed by atoms with Gasteiger partial charge in [-0.15, -0.1) is 0 Å². The Balaban J connectivity index is 2.35. The standard InChI is InChI=1S/C15H16FNO2/c1-10(17)15-13(16)6-3-7-14(15)19-12-5-2-4-11(8-12)9-18/h2-8,10,18H,9,17H2,1H3/t10-/m1/s1. The van der Waals surface area contributed by atoms with Crippen molar-refractivity contribution in [2.24, 2.45) is 5.73 Å². The van der Waals surface area contributed by atoms with Crippen LogP contribution in [0.3, 0.4) is 0 Å². The molecule has 0 bridgehead atoms. The molecule has 0 aliphatic rings. The number of nitrogens with two attached hydrogens (primary N) is 1. The molecule has 3 N–H and O–H groups in total. The van der Waals surface area contributed by atoms with Crippen LogP contribution in [0.2, 0.25) is 0 Å². The maximum Gasteiger partial charge on any atom is 0.135 e. The first-order valence-corrected chi connectivity index (χ1v) is 6.03. The van der Waals surface area contributed by atoms with E-state index < -0.39 is 6.04 Å². The van der Waals surface area contributed by atoms with E-state index in [2.05, 4.69) is 0 Å². The smallest absolute Gasteiger partial charge is 0.135 e. The van der Waals surface area contributed by atoms with Gasteiger partial charge in [0.15, 0.2) is 0 Å². The van der Waals surface area contributed by atoms with Gasteiger partial charge in [0.2, 0.25) is 0 Å². The van der Waals surface area contributed by atoms with Gasteiger partial charge in [-0.05, 0) is 36.8 Å². The molecule has 1 atom stereocenters. The van der Waals surface area contributed by atoms with Crippen LogP contribution in [0.25, 0.3) is 0 Å². The molecule has 3 nitrogen and oxygen atoms in total. The molecule has 0 amide bonds. The predicted molar refractivity (Wildman–Crippen MR) is 71.4 cm³/mol. The lowest BCUT2D eigenvalue weighted by molar-refractivity contribution is 0.281. The molecule has 0 aliphatic carbocycles. The van der Waals surface area contributed by atoms with E-state index in [9.17, 15) is 4.39 Å². The summed E-state index contributed by atoms with van der Waals surface area (Å²) in [7, 11) is 0. The van der Waals surface area contributed by atoms with Gasteiger partial charge in [-0.25, -0.2) is 4.39 Å². The molecule has 100 valence electrons. The fourth-order valence-electron chi connectivity index (χ4n) is 1.88. The highest BCUT2D eigenvalue weighted by Gasteiger charge is 2.14. The molecule has 0 aliphatic heterocycles. The minimum absolute atomic E-state index is 0.0689. The predicted octanol–water partition coefficient (Wildman–Crippen LogP) is 3.13. The van der Waals surface area contributed by atoms with E-state index in [1.165, 1.54) is 6.07 Å². The molecule has 0 unspecified atom stereocenters. The van der Waals surface area contributed by atoms with E-state index in [0.29, 0.717) is 17.1 Å². The zero-order valence-corrected chi connectivity index (χ0v) is 10.6. The van der Waals surface area contributed by atoms with Gasteiger partial charge in [-0.1, -0.05) is 18.2 Å². The summed E-state index contributed by atoms with van der Waals surface area (Å²) in [5.41, 5.74) is 6.84. The van der Waals surface area contributed by atoms with Gasteiger partial charge in [-0.3, -0.25) is 0 Å². The third-order valence-corrected chi connectivity index (χ3v) is 2.78. The van der Waals surface area contributed by atoms with Crippen LogP contribution >= 0.6 is 0 Å². The van der Waals surface area contributed by atoms with Crippen LogP contribution in [0, 0.1) is 5.82 Å². The van der Waals surface area contributed by atoms with Crippen molar-refractivity contribution in [3.63, 3.8) is 0 Å². The fourth-order valence-corrected chi connectivity index (χ4v) is 1.88. The van der Waals surface area contributed by atoms with Crippen molar-refractivity contribution < 1.29 is 14.2 Å². The number of rotatable bonds is 4. The van der Waals surface area contributed by atoms with Gasteiger partial charge in [-0.2, -0.15) is 0 Å².